The maximum absolute atomic E-state index is 11.2. The molecule has 0 fully saturated rings. The Morgan fingerprint density at radius 1 is 1.42 bits per heavy atom. The molecule has 19 heavy (non-hydrogen) atoms. The van der Waals surface area contributed by atoms with E-state index in [9.17, 15) is 20.3 Å². The number of aromatic nitrogens is 1. The summed E-state index contributed by atoms with van der Waals surface area (Å²) in [4.78, 5) is 9.63. The smallest absolute Gasteiger partial charge is 0.353 e. The molecule has 0 aromatic carbocycles. The Morgan fingerprint density at radius 3 is 2.58 bits per heavy atom. The molecule has 0 aliphatic carbocycles. The number of hydrazine groups is 1. The number of aromatic carboxylic acids is 1. The molecule has 1 aromatic heterocycles. The van der Waals surface area contributed by atoms with E-state index >= 15 is 0 Å². The number of carboxylic acid groups (broad SMARTS) is 1. The second-order valence-electron chi connectivity index (χ2n) is 4.71. The summed E-state index contributed by atoms with van der Waals surface area (Å²) in [6, 6.07) is -0.0425. The van der Waals surface area contributed by atoms with Gasteiger partial charge >= 0.3 is 5.97 Å². The van der Waals surface area contributed by atoms with Gasteiger partial charge in [0.15, 0.2) is 0 Å². The standard InChI is InChI=1S/C11H16N4O4/c1-7(2)14-5-4-8-9(15(18,19)12-14)6-13(3)10(8)11(16)17/h4-7,12,18-19H,1-3H3/p+1. The highest BCUT2D eigenvalue weighted by Crippen LogP contribution is 2.31. The van der Waals surface area contributed by atoms with Crippen LogP contribution in [0, 0.1) is 0 Å². The molecule has 0 radical (unpaired) electrons. The van der Waals surface area contributed by atoms with Crippen LogP contribution in [0.5, 0.6) is 0 Å². The molecule has 0 bridgehead atoms. The first-order valence-corrected chi connectivity index (χ1v) is 5.76. The van der Waals surface area contributed by atoms with Gasteiger partial charge in [-0.2, -0.15) is 10.4 Å². The van der Waals surface area contributed by atoms with E-state index in [1.807, 2.05) is 13.8 Å². The first kappa shape index (κ1) is 13.6. The molecule has 2 rings (SSSR count). The minimum atomic E-state index is -1.61. The van der Waals surface area contributed by atoms with Crippen LogP contribution in [0.1, 0.15) is 29.9 Å². The lowest BCUT2D eigenvalue weighted by atomic mass is 10.2. The summed E-state index contributed by atoms with van der Waals surface area (Å²) in [6.45, 7) is 3.71. The molecule has 8 heteroatoms. The quantitative estimate of drug-likeness (QED) is 0.596. The normalized spacial score (nSPS) is 17.5. The van der Waals surface area contributed by atoms with Crippen LogP contribution < -0.4 is 10.5 Å². The summed E-state index contributed by atoms with van der Waals surface area (Å²) >= 11 is 0. The van der Waals surface area contributed by atoms with Crippen LogP contribution in [0.4, 0.5) is 5.69 Å². The van der Waals surface area contributed by atoms with E-state index in [4.69, 9.17) is 0 Å². The van der Waals surface area contributed by atoms with Crippen molar-refractivity contribution in [3.05, 3.63) is 23.7 Å². The third-order valence-electron chi connectivity index (χ3n) is 2.95. The van der Waals surface area contributed by atoms with E-state index in [0.717, 1.165) is 0 Å². The minimum Gasteiger partial charge on any atom is -0.477 e. The summed E-state index contributed by atoms with van der Waals surface area (Å²) in [5.74, 6) is -1.13. The third-order valence-corrected chi connectivity index (χ3v) is 2.95. The van der Waals surface area contributed by atoms with Crippen molar-refractivity contribution in [2.24, 2.45) is 7.05 Å². The third kappa shape index (κ3) is 2.22. The maximum Gasteiger partial charge on any atom is 0.353 e. The molecule has 1 aromatic rings. The van der Waals surface area contributed by atoms with E-state index in [-0.39, 0.29) is 23.0 Å². The van der Waals surface area contributed by atoms with E-state index in [2.05, 4.69) is 5.53 Å². The van der Waals surface area contributed by atoms with E-state index in [1.165, 1.54) is 28.9 Å². The van der Waals surface area contributed by atoms with Crippen LogP contribution in [-0.4, -0.2) is 37.1 Å². The average molecular weight is 269 g/mol. The molecule has 8 nitrogen and oxygen atoms in total. The van der Waals surface area contributed by atoms with Crippen LogP contribution in [0.25, 0.3) is 6.08 Å². The lowest BCUT2D eigenvalue weighted by Crippen LogP contribution is -2.61. The highest BCUT2D eigenvalue weighted by Gasteiger charge is 2.39. The summed E-state index contributed by atoms with van der Waals surface area (Å²) in [5, 5.41) is 30.7. The van der Waals surface area contributed by atoms with E-state index in [1.54, 1.807) is 6.20 Å². The fourth-order valence-electron chi connectivity index (χ4n) is 2.00. The number of hydrogen-bond donors (Lipinski definition) is 4. The number of nitrogens with one attached hydrogen (secondary N) is 1. The molecule has 0 amide bonds. The van der Waals surface area contributed by atoms with Gasteiger partial charge in [0, 0.05) is 19.3 Å². The number of carbonyl (C=O) groups is 1. The van der Waals surface area contributed by atoms with Crippen LogP contribution in [0.2, 0.25) is 0 Å². The van der Waals surface area contributed by atoms with Crippen molar-refractivity contribution in [3.8, 4) is 0 Å². The highest BCUT2D eigenvalue weighted by atomic mass is 16.9. The minimum absolute atomic E-state index is 0.00995. The monoisotopic (exact) mass is 269 g/mol. The largest absolute Gasteiger partial charge is 0.477 e. The Morgan fingerprint density at radius 2 is 2.05 bits per heavy atom. The Bertz CT molecular complexity index is 547. The van der Waals surface area contributed by atoms with Crippen molar-refractivity contribution in [3.63, 3.8) is 0 Å². The van der Waals surface area contributed by atoms with E-state index < -0.39 is 10.9 Å². The molecular formula is C11H17N4O4+. The summed E-state index contributed by atoms with van der Waals surface area (Å²) in [6.07, 6.45) is 4.47. The van der Waals surface area contributed by atoms with Crippen molar-refractivity contribution in [1.29, 1.82) is 0 Å². The molecular weight excluding hydrogens is 252 g/mol. The van der Waals surface area contributed by atoms with Gasteiger partial charge in [-0.05, 0) is 25.5 Å². The van der Waals surface area contributed by atoms with Gasteiger partial charge in [-0.25, -0.2) is 4.79 Å². The van der Waals surface area contributed by atoms with Crippen molar-refractivity contribution in [1.82, 2.24) is 20.0 Å². The lowest BCUT2D eigenvalue weighted by Gasteiger charge is -2.28. The number of carboxylic acids is 1. The fraction of sp³-hybridized carbons (Fsp3) is 0.364. The zero-order valence-electron chi connectivity index (χ0n) is 10.9. The van der Waals surface area contributed by atoms with Crippen molar-refractivity contribution in [2.75, 3.05) is 0 Å². The van der Waals surface area contributed by atoms with Crippen molar-refractivity contribution >= 4 is 17.7 Å². The molecule has 1 aliphatic rings. The number of fused-ring (bicyclic) bond motifs is 1. The van der Waals surface area contributed by atoms with Crippen LogP contribution in [0.15, 0.2) is 12.4 Å². The predicted octanol–water partition coefficient (Wildman–Crippen LogP) is 0.923. The highest BCUT2D eigenvalue weighted by molar-refractivity contribution is 5.93. The topological polar surface area (TPSA) is 98.0 Å². The van der Waals surface area contributed by atoms with Gasteiger partial charge in [0.1, 0.15) is 5.69 Å². The van der Waals surface area contributed by atoms with Gasteiger partial charge in [-0.15, -0.1) is 0 Å². The van der Waals surface area contributed by atoms with Crippen LogP contribution >= 0.6 is 0 Å². The Hall–Kier alpha value is -1.87. The molecule has 4 N–H and O–H groups in total. The van der Waals surface area contributed by atoms with Crippen LogP contribution in [-0.2, 0) is 7.05 Å². The first-order valence-electron chi connectivity index (χ1n) is 5.76. The molecule has 104 valence electrons. The predicted molar refractivity (Wildman–Crippen MR) is 66.9 cm³/mol. The molecule has 0 unspecified atom stereocenters. The van der Waals surface area contributed by atoms with Crippen LogP contribution in [0.3, 0.4) is 0 Å². The number of rotatable bonds is 2. The number of nitrogens with zero attached hydrogens (tertiary/aromatic N) is 3. The zero-order chi connectivity index (χ0) is 14.4. The number of quaternary nitrogens is 1. The number of hydrogen-bond acceptors (Lipinski definition) is 5. The molecule has 0 atom stereocenters. The van der Waals surface area contributed by atoms with Crippen molar-refractivity contribution in [2.45, 2.75) is 19.9 Å². The summed E-state index contributed by atoms with van der Waals surface area (Å²) in [7, 11) is 1.53. The molecule has 2 heterocycles. The molecule has 0 saturated heterocycles. The van der Waals surface area contributed by atoms with E-state index in [0.29, 0.717) is 0 Å². The van der Waals surface area contributed by atoms with Gasteiger partial charge in [0.05, 0.1) is 16.7 Å². The molecule has 1 aliphatic heterocycles. The Balaban J connectivity index is 2.61. The second kappa shape index (κ2) is 4.35. The number of aryl methyl sites for hydroxylation is 1. The average Bonchev–Trinajstić information content (AvgIpc) is 2.55. The van der Waals surface area contributed by atoms with Gasteiger partial charge in [0.25, 0.3) is 0 Å². The van der Waals surface area contributed by atoms with Gasteiger partial charge in [-0.1, -0.05) is 0 Å². The fourth-order valence-corrected chi connectivity index (χ4v) is 2.00. The van der Waals surface area contributed by atoms with Gasteiger partial charge in [0.2, 0.25) is 5.69 Å². The summed E-state index contributed by atoms with van der Waals surface area (Å²) in [5.41, 5.74) is 2.76. The lowest BCUT2D eigenvalue weighted by molar-refractivity contribution is -0.350. The Labute approximate surface area is 109 Å². The SMILES string of the molecule is CC(C)N1C=Cc2c(cn(C)c2C(=O)O)[N+](O)(O)N1. The molecule has 0 saturated carbocycles. The van der Waals surface area contributed by atoms with Gasteiger partial charge in [-0.3, -0.25) is 5.01 Å². The maximum atomic E-state index is 11.2. The van der Waals surface area contributed by atoms with Gasteiger partial charge < -0.3 is 9.67 Å². The second-order valence-corrected chi connectivity index (χ2v) is 4.71. The first-order chi connectivity index (χ1) is 8.74. The molecule has 0 spiro atoms. The van der Waals surface area contributed by atoms with Crippen molar-refractivity contribution < 1.29 is 20.3 Å². The zero-order valence-corrected chi connectivity index (χ0v) is 10.9. The summed E-state index contributed by atoms with van der Waals surface area (Å²) < 4.78 is 1.34. The Kier molecular flexibility index (Phi) is 3.11.